The van der Waals surface area contributed by atoms with Crippen LogP contribution in [-0.2, 0) is 0 Å². The smallest absolute Gasteiger partial charge is 0.253 e. The first-order chi connectivity index (χ1) is 6.37. The van der Waals surface area contributed by atoms with Gasteiger partial charge in [0.2, 0.25) is 0 Å². The number of halogens is 2. The Kier molecular flexibility index (Phi) is 3.58. The lowest BCUT2D eigenvalue weighted by molar-refractivity contribution is 0.108. The van der Waals surface area contributed by atoms with Crippen molar-refractivity contribution in [2.45, 2.75) is 27.7 Å². The van der Waals surface area contributed by atoms with Crippen molar-refractivity contribution in [2.75, 3.05) is 0 Å². The summed E-state index contributed by atoms with van der Waals surface area (Å²) in [5.74, 6) is 0. The predicted octanol–water partition coefficient (Wildman–Crippen LogP) is 3.90. The highest BCUT2D eigenvalue weighted by molar-refractivity contribution is 14.1. The molecule has 0 aliphatic heterocycles. The van der Waals surface area contributed by atoms with Crippen LogP contribution in [0.15, 0.2) is 0 Å². The van der Waals surface area contributed by atoms with Gasteiger partial charge < -0.3 is 0 Å². The van der Waals surface area contributed by atoms with Crippen molar-refractivity contribution in [1.82, 2.24) is 0 Å². The van der Waals surface area contributed by atoms with Gasteiger partial charge in [-0.05, 0) is 84.1 Å². The van der Waals surface area contributed by atoms with Crippen molar-refractivity contribution >= 4 is 39.4 Å². The maximum absolute atomic E-state index is 11.3. The first-order valence-electron chi connectivity index (χ1n) is 4.33. The van der Waals surface area contributed by atoms with E-state index in [1.54, 1.807) is 0 Å². The quantitative estimate of drug-likeness (QED) is 0.566. The third kappa shape index (κ3) is 1.82. The molecule has 0 bridgehead atoms. The molecule has 1 aromatic rings. The van der Waals surface area contributed by atoms with Gasteiger partial charge in [0.25, 0.3) is 5.24 Å². The van der Waals surface area contributed by atoms with E-state index in [2.05, 4.69) is 29.5 Å². The Balaban J connectivity index is 3.68. The van der Waals surface area contributed by atoms with E-state index in [-0.39, 0.29) is 5.24 Å². The van der Waals surface area contributed by atoms with Gasteiger partial charge in [-0.15, -0.1) is 0 Å². The Morgan fingerprint density at radius 2 is 1.43 bits per heavy atom. The van der Waals surface area contributed by atoms with E-state index in [1.807, 2.05) is 20.8 Å². The van der Waals surface area contributed by atoms with Crippen LogP contribution in [0.1, 0.15) is 32.6 Å². The molecule has 1 nitrogen and oxygen atoms in total. The highest BCUT2D eigenvalue weighted by Gasteiger charge is 2.17. The highest BCUT2D eigenvalue weighted by Crippen LogP contribution is 2.28. The lowest BCUT2D eigenvalue weighted by Gasteiger charge is -2.14. The van der Waals surface area contributed by atoms with Crippen molar-refractivity contribution in [2.24, 2.45) is 0 Å². The summed E-state index contributed by atoms with van der Waals surface area (Å²) in [5.41, 5.74) is 5.21. The first kappa shape index (κ1) is 12.0. The van der Waals surface area contributed by atoms with Crippen LogP contribution in [0.4, 0.5) is 0 Å². The summed E-state index contributed by atoms with van der Waals surface area (Å²) in [7, 11) is 0. The molecule has 0 fully saturated rings. The number of carbonyl (C=O) groups is 1. The van der Waals surface area contributed by atoms with Crippen LogP contribution in [0, 0.1) is 31.3 Å². The SMILES string of the molecule is Cc1c(C)c(C)c(C(=O)Cl)c(I)c1C. The molecular weight excluding hydrogens is 310 g/mol. The monoisotopic (exact) mass is 322 g/mol. The van der Waals surface area contributed by atoms with Crippen molar-refractivity contribution in [3.8, 4) is 0 Å². The number of hydrogen-bond acceptors (Lipinski definition) is 1. The molecule has 0 atom stereocenters. The fourth-order valence-electron chi connectivity index (χ4n) is 1.50. The number of rotatable bonds is 1. The topological polar surface area (TPSA) is 17.1 Å². The average molecular weight is 323 g/mol. The summed E-state index contributed by atoms with van der Waals surface area (Å²) in [6.07, 6.45) is 0. The molecule has 0 amide bonds. The summed E-state index contributed by atoms with van der Waals surface area (Å²) < 4.78 is 0.975. The molecule has 14 heavy (non-hydrogen) atoms. The molecule has 0 saturated heterocycles. The molecule has 0 aliphatic rings. The third-order valence-corrected chi connectivity index (χ3v) is 4.35. The standard InChI is InChI=1S/C11H12ClIO/c1-5-6(2)8(4)10(13)9(7(5)3)11(12)14/h1-4H3. The van der Waals surface area contributed by atoms with Crippen LogP contribution in [-0.4, -0.2) is 5.24 Å². The van der Waals surface area contributed by atoms with Crippen LogP contribution in [0.2, 0.25) is 0 Å². The molecule has 0 N–H and O–H groups in total. The van der Waals surface area contributed by atoms with Crippen LogP contribution < -0.4 is 0 Å². The van der Waals surface area contributed by atoms with E-state index in [0.29, 0.717) is 5.56 Å². The van der Waals surface area contributed by atoms with Gasteiger partial charge >= 0.3 is 0 Å². The third-order valence-electron chi connectivity index (χ3n) is 2.81. The van der Waals surface area contributed by atoms with Gasteiger partial charge in [-0.1, -0.05) is 0 Å². The molecule has 0 aliphatic carbocycles. The number of hydrogen-bond donors (Lipinski definition) is 0. The van der Waals surface area contributed by atoms with Crippen molar-refractivity contribution in [3.63, 3.8) is 0 Å². The summed E-state index contributed by atoms with van der Waals surface area (Å²) in [6, 6.07) is 0. The van der Waals surface area contributed by atoms with Crippen LogP contribution in [0.5, 0.6) is 0 Å². The predicted molar refractivity (Wildman–Crippen MR) is 68.3 cm³/mol. The molecule has 76 valence electrons. The van der Waals surface area contributed by atoms with Crippen LogP contribution in [0.3, 0.4) is 0 Å². The lowest BCUT2D eigenvalue weighted by atomic mass is 9.95. The Morgan fingerprint density at radius 3 is 1.86 bits per heavy atom. The fraction of sp³-hybridized carbons (Fsp3) is 0.364. The molecule has 0 unspecified atom stereocenters. The summed E-state index contributed by atoms with van der Waals surface area (Å²) in [4.78, 5) is 11.3. The van der Waals surface area contributed by atoms with Crippen LogP contribution >= 0.6 is 34.2 Å². The second kappa shape index (κ2) is 4.19. The fourth-order valence-corrected chi connectivity index (χ4v) is 2.95. The van der Waals surface area contributed by atoms with E-state index in [0.717, 1.165) is 20.3 Å². The Bertz CT molecular complexity index is 381. The lowest BCUT2D eigenvalue weighted by Crippen LogP contribution is -2.05. The molecule has 0 radical (unpaired) electrons. The Morgan fingerprint density at radius 1 is 1.00 bits per heavy atom. The number of carbonyl (C=O) groups excluding carboxylic acids is 1. The van der Waals surface area contributed by atoms with Gasteiger partial charge in [-0.2, -0.15) is 0 Å². The summed E-state index contributed by atoms with van der Waals surface area (Å²) in [6.45, 7) is 8.06. The zero-order chi connectivity index (χ0) is 11.0. The van der Waals surface area contributed by atoms with E-state index < -0.39 is 0 Å². The molecule has 1 rings (SSSR count). The summed E-state index contributed by atoms with van der Waals surface area (Å²) >= 11 is 7.75. The first-order valence-corrected chi connectivity index (χ1v) is 5.79. The van der Waals surface area contributed by atoms with Gasteiger partial charge in [-0.25, -0.2) is 0 Å². The highest BCUT2D eigenvalue weighted by atomic mass is 127. The van der Waals surface area contributed by atoms with Gasteiger partial charge in [-0.3, -0.25) is 4.79 Å². The van der Waals surface area contributed by atoms with Crippen molar-refractivity contribution in [1.29, 1.82) is 0 Å². The Hall–Kier alpha value is -0.0900. The molecule has 1 aromatic carbocycles. The minimum absolute atomic E-state index is 0.363. The van der Waals surface area contributed by atoms with Gasteiger partial charge in [0, 0.05) is 3.57 Å². The Labute approximate surface area is 103 Å². The van der Waals surface area contributed by atoms with E-state index in [9.17, 15) is 4.79 Å². The molecular formula is C11H12ClIO. The molecule has 0 spiro atoms. The minimum Gasteiger partial charge on any atom is -0.276 e. The van der Waals surface area contributed by atoms with Crippen molar-refractivity contribution < 1.29 is 4.79 Å². The zero-order valence-corrected chi connectivity index (χ0v) is 11.6. The van der Waals surface area contributed by atoms with E-state index >= 15 is 0 Å². The summed E-state index contributed by atoms with van der Waals surface area (Å²) in [5, 5.41) is -0.363. The average Bonchev–Trinajstić information content (AvgIpc) is 2.11. The van der Waals surface area contributed by atoms with Gasteiger partial charge in [0.05, 0.1) is 5.56 Å². The van der Waals surface area contributed by atoms with E-state index in [1.165, 1.54) is 5.56 Å². The van der Waals surface area contributed by atoms with Crippen molar-refractivity contribution in [3.05, 3.63) is 31.4 Å². The zero-order valence-electron chi connectivity index (χ0n) is 8.66. The molecule has 0 saturated carbocycles. The maximum atomic E-state index is 11.3. The normalized spacial score (nSPS) is 10.4. The maximum Gasteiger partial charge on any atom is 0.253 e. The molecule has 0 heterocycles. The second-order valence-corrected chi connectivity index (χ2v) is 4.88. The second-order valence-electron chi connectivity index (χ2n) is 3.46. The molecule has 0 aromatic heterocycles. The van der Waals surface area contributed by atoms with Crippen LogP contribution in [0.25, 0.3) is 0 Å². The van der Waals surface area contributed by atoms with E-state index in [4.69, 9.17) is 11.6 Å². The molecule has 3 heteroatoms. The minimum atomic E-state index is -0.363. The largest absolute Gasteiger partial charge is 0.276 e. The van der Waals surface area contributed by atoms with Gasteiger partial charge in [0.15, 0.2) is 0 Å². The van der Waals surface area contributed by atoms with Gasteiger partial charge in [0.1, 0.15) is 0 Å². The number of benzene rings is 1.